The topological polar surface area (TPSA) is 23.5 Å². The highest BCUT2D eigenvalue weighted by atomic mass is 79.9. The molecule has 1 aliphatic carbocycles. The van der Waals surface area contributed by atoms with Gasteiger partial charge in [0.1, 0.15) is 5.60 Å². The molecule has 1 unspecified atom stereocenters. The van der Waals surface area contributed by atoms with Crippen LogP contribution in [0.15, 0.2) is 156 Å². The summed E-state index contributed by atoms with van der Waals surface area (Å²) >= 11 is 3.73. The Morgan fingerprint density at radius 3 is 1.69 bits per heavy atom. The predicted molar refractivity (Wildman–Crippen MR) is 178 cm³/mol. The van der Waals surface area contributed by atoms with E-state index in [1.165, 1.54) is 5.39 Å². The van der Waals surface area contributed by atoms with Crippen LogP contribution in [-0.4, -0.2) is 5.11 Å². The van der Waals surface area contributed by atoms with Crippen LogP contribution < -0.4 is 4.90 Å². The van der Waals surface area contributed by atoms with Crippen molar-refractivity contribution in [2.45, 2.75) is 5.60 Å². The SMILES string of the molecule is OC1(c2ccccc2N(c2ccccc2)c2ccccc2)c2cc(Br)ccc2-c2c1c1ccccc1c1ccccc21. The van der Waals surface area contributed by atoms with Gasteiger partial charge in [-0.2, -0.15) is 0 Å². The molecule has 0 bridgehead atoms. The van der Waals surface area contributed by atoms with Crippen molar-refractivity contribution >= 4 is 54.5 Å². The van der Waals surface area contributed by atoms with Gasteiger partial charge in [-0.1, -0.05) is 125 Å². The molecular weight excluding hydrogens is 578 g/mol. The van der Waals surface area contributed by atoms with Gasteiger partial charge in [0.15, 0.2) is 0 Å². The minimum Gasteiger partial charge on any atom is -0.376 e. The van der Waals surface area contributed by atoms with Crippen molar-refractivity contribution in [2.24, 2.45) is 0 Å². The lowest BCUT2D eigenvalue weighted by molar-refractivity contribution is 0.133. The molecule has 0 spiro atoms. The minimum absolute atomic E-state index is 0.830. The van der Waals surface area contributed by atoms with Crippen molar-refractivity contribution in [2.75, 3.05) is 4.90 Å². The molecule has 0 saturated heterocycles. The maximum absolute atomic E-state index is 13.5. The van der Waals surface area contributed by atoms with E-state index in [0.717, 1.165) is 65.5 Å². The smallest absolute Gasteiger partial charge is 0.144 e. The van der Waals surface area contributed by atoms with Crippen molar-refractivity contribution < 1.29 is 5.11 Å². The van der Waals surface area contributed by atoms with E-state index in [9.17, 15) is 5.11 Å². The van der Waals surface area contributed by atoms with Crippen molar-refractivity contribution in [1.82, 2.24) is 0 Å². The van der Waals surface area contributed by atoms with Gasteiger partial charge >= 0.3 is 0 Å². The summed E-state index contributed by atoms with van der Waals surface area (Å²) in [6.07, 6.45) is 0. The van der Waals surface area contributed by atoms with Crippen molar-refractivity contribution in [1.29, 1.82) is 0 Å². The van der Waals surface area contributed by atoms with Gasteiger partial charge in [-0.25, -0.2) is 0 Å². The molecule has 1 aliphatic rings. The van der Waals surface area contributed by atoms with E-state index in [1.54, 1.807) is 0 Å². The Balaban J connectivity index is 1.52. The zero-order chi connectivity index (χ0) is 28.3. The first-order chi connectivity index (χ1) is 20.7. The zero-order valence-corrected chi connectivity index (χ0v) is 24.3. The molecule has 0 aromatic heterocycles. The molecule has 1 N–H and O–H groups in total. The number of benzene rings is 7. The van der Waals surface area contributed by atoms with Gasteiger partial charge in [0.2, 0.25) is 0 Å². The normalized spacial score (nSPS) is 15.5. The Labute approximate surface area is 253 Å². The molecule has 200 valence electrons. The Morgan fingerprint density at radius 2 is 1.02 bits per heavy atom. The Hall–Kier alpha value is -4.70. The van der Waals surface area contributed by atoms with Crippen LogP contribution in [0.2, 0.25) is 0 Å². The van der Waals surface area contributed by atoms with Crippen LogP contribution in [0.1, 0.15) is 16.7 Å². The fraction of sp³-hybridized carbons (Fsp3) is 0.0256. The highest BCUT2D eigenvalue weighted by Crippen LogP contribution is 2.58. The van der Waals surface area contributed by atoms with Crippen molar-refractivity contribution in [3.8, 4) is 11.1 Å². The predicted octanol–water partition coefficient (Wildman–Crippen LogP) is 10.5. The van der Waals surface area contributed by atoms with E-state index >= 15 is 0 Å². The largest absolute Gasteiger partial charge is 0.376 e. The first-order valence-corrected chi connectivity index (χ1v) is 14.9. The molecule has 0 radical (unpaired) electrons. The number of halogens is 1. The molecule has 8 rings (SSSR count). The quantitative estimate of drug-likeness (QED) is 0.202. The van der Waals surface area contributed by atoms with Crippen LogP contribution in [0.25, 0.3) is 32.7 Å². The first-order valence-electron chi connectivity index (χ1n) is 14.1. The summed E-state index contributed by atoms with van der Waals surface area (Å²) in [4.78, 5) is 2.24. The van der Waals surface area contributed by atoms with Crippen molar-refractivity contribution in [3.63, 3.8) is 0 Å². The van der Waals surface area contributed by atoms with Crippen LogP contribution in [-0.2, 0) is 5.60 Å². The second kappa shape index (κ2) is 9.70. The lowest BCUT2D eigenvalue weighted by Gasteiger charge is -2.34. The molecule has 42 heavy (non-hydrogen) atoms. The average Bonchev–Trinajstić information content (AvgIpc) is 3.31. The molecule has 0 amide bonds. The second-order valence-corrected chi connectivity index (χ2v) is 11.7. The summed E-state index contributed by atoms with van der Waals surface area (Å²) in [5, 5.41) is 18.1. The van der Waals surface area contributed by atoms with Gasteiger partial charge in [0, 0.05) is 32.5 Å². The average molecular weight is 605 g/mol. The molecule has 2 nitrogen and oxygen atoms in total. The Kier molecular flexibility index (Phi) is 5.78. The number of aliphatic hydroxyl groups is 1. The van der Waals surface area contributed by atoms with Gasteiger partial charge in [0.05, 0.1) is 5.69 Å². The maximum atomic E-state index is 13.5. The third-order valence-corrected chi connectivity index (χ3v) is 8.99. The zero-order valence-electron chi connectivity index (χ0n) is 22.7. The van der Waals surface area contributed by atoms with Gasteiger partial charge in [0.25, 0.3) is 0 Å². The Morgan fingerprint density at radius 1 is 0.500 bits per heavy atom. The van der Waals surface area contributed by atoms with E-state index in [0.29, 0.717) is 0 Å². The molecule has 0 saturated carbocycles. The van der Waals surface area contributed by atoms with Crippen LogP contribution in [0.3, 0.4) is 0 Å². The van der Waals surface area contributed by atoms with E-state index in [-0.39, 0.29) is 0 Å². The molecule has 1 atom stereocenters. The molecule has 0 fully saturated rings. The lowest BCUT2D eigenvalue weighted by Crippen LogP contribution is -2.29. The summed E-state index contributed by atoms with van der Waals surface area (Å²) in [5.41, 5.74) is 6.33. The standard InChI is InChI=1S/C39H26BrNO/c40-26-23-24-33-35(25-26)39(42,38-32-20-10-8-18-30(32)29-17-7-9-19-31(29)37(33)38)34-21-11-12-22-36(34)41(27-13-3-1-4-14-27)28-15-5-2-6-16-28/h1-25,42H. The van der Waals surface area contributed by atoms with Crippen LogP contribution in [0, 0.1) is 0 Å². The molecule has 7 aromatic rings. The summed E-state index contributed by atoms with van der Waals surface area (Å²) < 4.78 is 0.932. The second-order valence-electron chi connectivity index (χ2n) is 10.8. The van der Waals surface area contributed by atoms with Crippen LogP contribution in [0.5, 0.6) is 0 Å². The van der Waals surface area contributed by atoms with E-state index in [1.807, 2.05) is 18.2 Å². The number of nitrogens with zero attached hydrogens (tertiary/aromatic N) is 1. The summed E-state index contributed by atoms with van der Waals surface area (Å²) in [7, 11) is 0. The summed E-state index contributed by atoms with van der Waals surface area (Å²) in [5.74, 6) is 0. The molecule has 0 heterocycles. The van der Waals surface area contributed by atoms with E-state index < -0.39 is 5.60 Å². The van der Waals surface area contributed by atoms with Gasteiger partial charge in [-0.05, 0) is 75.1 Å². The number of hydrogen-bond acceptors (Lipinski definition) is 2. The Bertz CT molecular complexity index is 2080. The van der Waals surface area contributed by atoms with Gasteiger partial charge in [-0.3, -0.25) is 0 Å². The number of fused-ring (bicyclic) bond motifs is 8. The number of hydrogen-bond donors (Lipinski definition) is 1. The number of para-hydroxylation sites is 3. The van der Waals surface area contributed by atoms with Gasteiger partial charge in [-0.15, -0.1) is 0 Å². The fourth-order valence-electron chi connectivity index (χ4n) is 6.80. The molecule has 0 aliphatic heterocycles. The minimum atomic E-state index is -1.42. The summed E-state index contributed by atoms with van der Waals surface area (Å²) in [6, 6.07) is 52.4. The van der Waals surface area contributed by atoms with Crippen LogP contribution in [0.4, 0.5) is 17.1 Å². The van der Waals surface area contributed by atoms with E-state index in [4.69, 9.17) is 0 Å². The van der Waals surface area contributed by atoms with Crippen molar-refractivity contribution in [3.05, 3.63) is 173 Å². The molecule has 7 aromatic carbocycles. The first kappa shape index (κ1) is 25.0. The highest BCUT2D eigenvalue weighted by molar-refractivity contribution is 9.10. The van der Waals surface area contributed by atoms with E-state index in [2.05, 4.69) is 154 Å². The highest BCUT2D eigenvalue weighted by Gasteiger charge is 2.47. The maximum Gasteiger partial charge on any atom is 0.144 e. The summed E-state index contributed by atoms with van der Waals surface area (Å²) in [6.45, 7) is 0. The molecular formula is C39H26BrNO. The third kappa shape index (κ3) is 3.61. The number of rotatable bonds is 4. The van der Waals surface area contributed by atoms with Gasteiger partial charge < -0.3 is 10.0 Å². The third-order valence-electron chi connectivity index (χ3n) is 8.50. The lowest BCUT2D eigenvalue weighted by atomic mass is 9.80. The fourth-order valence-corrected chi connectivity index (χ4v) is 7.16. The molecule has 3 heteroatoms. The van der Waals surface area contributed by atoms with Crippen LogP contribution >= 0.6 is 15.9 Å². The number of anilines is 3. The monoisotopic (exact) mass is 603 g/mol.